The average molecular weight is 376 g/mol. The molecule has 0 saturated carbocycles. The molecule has 2 aromatic carbocycles. The third-order valence-electron chi connectivity index (χ3n) is 5.36. The summed E-state index contributed by atoms with van der Waals surface area (Å²) in [4.78, 5) is 4.88. The SMILES string of the molecule is Cc1cc(C)c2c(c1)-c1ncc3cc[c]([Ge]([CH3])([CH3])[CH3])cc3c1CC2. The van der Waals surface area contributed by atoms with Gasteiger partial charge in [-0.3, -0.25) is 0 Å². The molecule has 1 aromatic heterocycles. The molecule has 0 unspecified atom stereocenters. The van der Waals surface area contributed by atoms with Gasteiger partial charge < -0.3 is 0 Å². The first-order chi connectivity index (χ1) is 11.3. The van der Waals surface area contributed by atoms with E-state index in [0.29, 0.717) is 0 Å². The van der Waals surface area contributed by atoms with Crippen LogP contribution >= 0.6 is 0 Å². The fourth-order valence-corrected chi connectivity index (χ4v) is 6.45. The van der Waals surface area contributed by atoms with Crippen LogP contribution in [0.1, 0.15) is 22.3 Å². The van der Waals surface area contributed by atoms with E-state index in [0.717, 1.165) is 12.8 Å². The van der Waals surface area contributed by atoms with Gasteiger partial charge in [0, 0.05) is 0 Å². The zero-order valence-electron chi connectivity index (χ0n) is 15.3. The number of aryl methyl sites for hydroxylation is 3. The number of rotatable bonds is 1. The average Bonchev–Trinajstić information content (AvgIpc) is 2.52. The second kappa shape index (κ2) is 5.45. The zero-order valence-corrected chi connectivity index (χ0v) is 17.4. The van der Waals surface area contributed by atoms with E-state index in [1.165, 1.54) is 44.3 Å². The Morgan fingerprint density at radius 3 is 2.42 bits per heavy atom. The van der Waals surface area contributed by atoms with Crippen LogP contribution in [0, 0.1) is 13.8 Å². The number of hydrogen-bond acceptors (Lipinski definition) is 1. The van der Waals surface area contributed by atoms with E-state index in [9.17, 15) is 0 Å². The van der Waals surface area contributed by atoms with Crippen LogP contribution in [0.5, 0.6) is 0 Å². The first kappa shape index (κ1) is 15.9. The molecule has 1 nitrogen and oxygen atoms in total. The van der Waals surface area contributed by atoms with Gasteiger partial charge >= 0.3 is 147 Å². The predicted octanol–water partition coefficient (Wildman–Crippen LogP) is 5.16. The molecule has 0 spiro atoms. The maximum absolute atomic E-state index is 4.88. The molecule has 122 valence electrons. The van der Waals surface area contributed by atoms with Gasteiger partial charge in [-0.2, -0.15) is 0 Å². The minimum absolute atomic E-state index is 1.11. The van der Waals surface area contributed by atoms with Crippen molar-refractivity contribution in [2.24, 2.45) is 0 Å². The molecule has 0 amide bonds. The standard InChI is InChI=1S/C22H25GeN/c1-14-10-15(2)18-8-9-19-20-12-17(23(3,4)5)7-6-16(20)13-24-22(19)21(18)11-14/h6-7,10-13H,8-9H2,1-5H3. The summed E-state index contributed by atoms with van der Waals surface area (Å²) in [5, 5.41) is 2.72. The van der Waals surface area contributed by atoms with E-state index in [4.69, 9.17) is 4.98 Å². The van der Waals surface area contributed by atoms with Crippen LogP contribution < -0.4 is 4.40 Å². The summed E-state index contributed by atoms with van der Waals surface area (Å²) in [5.41, 5.74) is 8.27. The van der Waals surface area contributed by atoms with Crippen LogP contribution in [0.3, 0.4) is 0 Å². The molecule has 0 aliphatic heterocycles. The van der Waals surface area contributed by atoms with Crippen molar-refractivity contribution in [3.63, 3.8) is 0 Å². The van der Waals surface area contributed by atoms with Crippen molar-refractivity contribution in [3.05, 3.63) is 58.8 Å². The minimum atomic E-state index is -1.82. The summed E-state index contributed by atoms with van der Waals surface area (Å²) in [6, 6.07) is 11.7. The van der Waals surface area contributed by atoms with Crippen LogP contribution in [-0.4, -0.2) is 18.3 Å². The van der Waals surface area contributed by atoms with E-state index in [-0.39, 0.29) is 0 Å². The molecule has 0 bridgehead atoms. The molecular weight excluding hydrogens is 351 g/mol. The zero-order chi connectivity index (χ0) is 17.1. The van der Waals surface area contributed by atoms with Gasteiger partial charge in [0.25, 0.3) is 0 Å². The summed E-state index contributed by atoms with van der Waals surface area (Å²) in [6.45, 7) is 4.43. The van der Waals surface area contributed by atoms with E-state index in [1.807, 2.05) is 0 Å². The third-order valence-corrected chi connectivity index (χ3v) is 9.65. The Hall–Kier alpha value is -1.61. The van der Waals surface area contributed by atoms with Crippen molar-refractivity contribution in [2.75, 3.05) is 0 Å². The summed E-state index contributed by atoms with van der Waals surface area (Å²) < 4.78 is 1.59. The molecular formula is C22H25GeN. The van der Waals surface area contributed by atoms with E-state index in [1.54, 1.807) is 4.40 Å². The van der Waals surface area contributed by atoms with Crippen LogP contribution in [0.4, 0.5) is 0 Å². The van der Waals surface area contributed by atoms with Crippen molar-refractivity contribution >= 4 is 28.4 Å². The normalized spacial score (nSPS) is 13.7. The third kappa shape index (κ3) is 2.50. The van der Waals surface area contributed by atoms with E-state index in [2.05, 4.69) is 67.6 Å². The Kier molecular flexibility index (Phi) is 3.61. The quantitative estimate of drug-likeness (QED) is 0.535. The topological polar surface area (TPSA) is 12.9 Å². The summed E-state index contributed by atoms with van der Waals surface area (Å²) in [7, 11) is 0. The molecule has 0 N–H and O–H groups in total. The van der Waals surface area contributed by atoms with Gasteiger partial charge in [-0.1, -0.05) is 0 Å². The fourth-order valence-electron chi connectivity index (χ4n) is 4.01. The Morgan fingerprint density at radius 2 is 1.67 bits per heavy atom. The van der Waals surface area contributed by atoms with Gasteiger partial charge in [0.05, 0.1) is 0 Å². The van der Waals surface area contributed by atoms with Gasteiger partial charge in [-0.05, 0) is 0 Å². The monoisotopic (exact) mass is 377 g/mol. The first-order valence-corrected chi connectivity index (χ1v) is 16.2. The summed E-state index contributed by atoms with van der Waals surface area (Å²) in [5.74, 6) is 7.41. The molecule has 0 radical (unpaired) electrons. The van der Waals surface area contributed by atoms with Gasteiger partial charge in [-0.25, -0.2) is 0 Å². The molecule has 0 fully saturated rings. The number of hydrogen-bond donors (Lipinski definition) is 0. The van der Waals surface area contributed by atoms with Crippen LogP contribution in [0.2, 0.25) is 17.3 Å². The molecule has 3 aromatic rings. The van der Waals surface area contributed by atoms with E-state index < -0.39 is 13.3 Å². The van der Waals surface area contributed by atoms with Gasteiger partial charge in [0.15, 0.2) is 0 Å². The number of aromatic nitrogens is 1. The molecule has 2 heteroatoms. The summed E-state index contributed by atoms with van der Waals surface area (Å²) in [6.07, 6.45) is 4.31. The van der Waals surface area contributed by atoms with E-state index >= 15 is 0 Å². The molecule has 0 atom stereocenters. The maximum atomic E-state index is 4.88. The second-order valence-electron chi connectivity index (χ2n) is 8.25. The Morgan fingerprint density at radius 1 is 0.917 bits per heavy atom. The van der Waals surface area contributed by atoms with Crippen LogP contribution in [0.15, 0.2) is 36.5 Å². The Balaban J connectivity index is 2.01. The Labute approximate surface area is 147 Å². The van der Waals surface area contributed by atoms with Gasteiger partial charge in [0.1, 0.15) is 0 Å². The number of pyridine rings is 1. The fraction of sp³-hybridized carbons (Fsp3) is 0.318. The van der Waals surface area contributed by atoms with Gasteiger partial charge in [0.2, 0.25) is 0 Å². The first-order valence-electron chi connectivity index (χ1n) is 8.87. The van der Waals surface area contributed by atoms with Crippen LogP contribution in [0.25, 0.3) is 22.0 Å². The van der Waals surface area contributed by atoms with Crippen molar-refractivity contribution < 1.29 is 0 Å². The van der Waals surface area contributed by atoms with Crippen molar-refractivity contribution in [1.29, 1.82) is 0 Å². The molecule has 0 saturated heterocycles. The van der Waals surface area contributed by atoms with Crippen molar-refractivity contribution in [3.8, 4) is 11.3 Å². The van der Waals surface area contributed by atoms with Crippen molar-refractivity contribution in [1.82, 2.24) is 4.98 Å². The molecule has 4 rings (SSSR count). The van der Waals surface area contributed by atoms with Gasteiger partial charge in [-0.15, -0.1) is 0 Å². The van der Waals surface area contributed by atoms with Crippen LogP contribution in [-0.2, 0) is 12.8 Å². The summed E-state index contributed by atoms with van der Waals surface area (Å²) >= 11 is -1.82. The number of fused-ring (bicyclic) bond motifs is 5. The van der Waals surface area contributed by atoms with Crippen molar-refractivity contribution in [2.45, 2.75) is 44.0 Å². The number of nitrogens with zero attached hydrogens (tertiary/aromatic N) is 1. The molecule has 24 heavy (non-hydrogen) atoms. The predicted molar refractivity (Wildman–Crippen MR) is 107 cm³/mol. The molecule has 1 aliphatic rings. The molecule has 1 heterocycles. The second-order valence-corrected chi connectivity index (χ2v) is 18.9. The molecule has 1 aliphatic carbocycles. The Bertz CT molecular complexity index is 964. The number of benzene rings is 2.